The first-order chi connectivity index (χ1) is 10.00. The van der Waals surface area contributed by atoms with E-state index in [1.54, 1.807) is 22.6 Å². The standard InChI is InChI=1S/C15H19N3O2S/c1-11-5-6-14(13-4-3-7-17-15(11)13)21(19,20)18-9-8-16-12(2)10-18/h3-7,12,16H,8-10H2,1-2H3. The van der Waals surface area contributed by atoms with Crippen LogP contribution in [0.2, 0.25) is 0 Å². The molecule has 1 saturated heterocycles. The maximum atomic E-state index is 12.9. The zero-order chi connectivity index (χ0) is 15.0. The van der Waals surface area contributed by atoms with E-state index in [1.165, 1.54) is 0 Å². The van der Waals surface area contributed by atoms with Crippen molar-refractivity contribution in [1.29, 1.82) is 0 Å². The molecule has 0 radical (unpaired) electrons. The number of hydrogen-bond acceptors (Lipinski definition) is 4. The summed E-state index contributed by atoms with van der Waals surface area (Å²) < 4.78 is 27.4. The van der Waals surface area contributed by atoms with E-state index in [2.05, 4.69) is 10.3 Å². The molecule has 1 atom stereocenters. The number of aromatic nitrogens is 1. The summed E-state index contributed by atoms with van der Waals surface area (Å²) in [6.07, 6.45) is 1.69. The first-order valence-corrected chi connectivity index (χ1v) is 8.52. The Morgan fingerprint density at radius 1 is 1.33 bits per heavy atom. The van der Waals surface area contributed by atoms with E-state index >= 15 is 0 Å². The number of fused-ring (bicyclic) bond motifs is 1. The van der Waals surface area contributed by atoms with Crippen LogP contribution in [0.25, 0.3) is 10.9 Å². The minimum absolute atomic E-state index is 0.170. The van der Waals surface area contributed by atoms with E-state index in [9.17, 15) is 8.42 Å². The maximum absolute atomic E-state index is 12.9. The van der Waals surface area contributed by atoms with Crippen LogP contribution in [0.1, 0.15) is 12.5 Å². The molecule has 1 fully saturated rings. The molecule has 0 amide bonds. The van der Waals surface area contributed by atoms with Crippen LogP contribution < -0.4 is 5.32 Å². The fourth-order valence-electron chi connectivity index (χ4n) is 2.77. The van der Waals surface area contributed by atoms with Crippen molar-refractivity contribution in [3.05, 3.63) is 36.0 Å². The van der Waals surface area contributed by atoms with Crippen molar-refractivity contribution >= 4 is 20.9 Å². The SMILES string of the molecule is Cc1ccc(S(=O)(=O)N2CCNC(C)C2)c2cccnc12. The average molecular weight is 305 g/mol. The Morgan fingerprint density at radius 2 is 2.14 bits per heavy atom. The van der Waals surface area contributed by atoms with Crippen LogP contribution in [0, 0.1) is 6.92 Å². The number of piperazine rings is 1. The van der Waals surface area contributed by atoms with Gasteiger partial charge in [-0.3, -0.25) is 4.98 Å². The molecule has 0 bridgehead atoms. The normalized spacial score (nSPS) is 20.8. The van der Waals surface area contributed by atoms with Gasteiger partial charge in [-0.2, -0.15) is 4.31 Å². The van der Waals surface area contributed by atoms with Gasteiger partial charge in [0.15, 0.2) is 0 Å². The lowest BCUT2D eigenvalue weighted by atomic mass is 10.1. The van der Waals surface area contributed by atoms with Crippen LogP contribution in [0.4, 0.5) is 0 Å². The van der Waals surface area contributed by atoms with Gasteiger partial charge in [0.05, 0.1) is 10.4 Å². The Kier molecular flexibility index (Phi) is 3.69. The van der Waals surface area contributed by atoms with Crippen LogP contribution >= 0.6 is 0 Å². The maximum Gasteiger partial charge on any atom is 0.243 e. The Labute approximate surface area is 125 Å². The molecule has 1 aromatic heterocycles. The number of nitrogens with one attached hydrogen (secondary N) is 1. The molecule has 0 saturated carbocycles. The summed E-state index contributed by atoms with van der Waals surface area (Å²) in [7, 11) is -3.48. The van der Waals surface area contributed by atoms with E-state index in [1.807, 2.05) is 26.0 Å². The molecule has 1 aliphatic rings. The molecule has 2 aromatic rings. The molecule has 112 valence electrons. The lowest BCUT2D eigenvalue weighted by Gasteiger charge is -2.31. The highest BCUT2D eigenvalue weighted by Crippen LogP contribution is 2.27. The fourth-order valence-corrected chi connectivity index (χ4v) is 4.48. The van der Waals surface area contributed by atoms with Crippen molar-refractivity contribution in [1.82, 2.24) is 14.6 Å². The number of rotatable bonds is 2. The lowest BCUT2D eigenvalue weighted by Crippen LogP contribution is -2.51. The summed E-state index contributed by atoms with van der Waals surface area (Å²) >= 11 is 0. The summed E-state index contributed by atoms with van der Waals surface area (Å²) in [6, 6.07) is 7.30. The molecule has 0 aliphatic carbocycles. The smallest absolute Gasteiger partial charge is 0.243 e. The zero-order valence-electron chi connectivity index (χ0n) is 12.2. The highest BCUT2D eigenvalue weighted by molar-refractivity contribution is 7.89. The van der Waals surface area contributed by atoms with Crippen molar-refractivity contribution in [2.45, 2.75) is 24.8 Å². The van der Waals surface area contributed by atoms with Gasteiger partial charge in [0.1, 0.15) is 0 Å². The molecule has 21 heavy (non-hydrogen) atoms. The van der Waals surface area contributed by atoms with E-state index in [0.29, 0.717) is 29.9 Å². The summed E-state index contributed by atoms with van der Waals surface area (Å²) in [5.41, 5.74) is 1.74. The molecule has 1 aromatic carbocycles. The number of hydrogen-bond donors (Lipinski definition) is 1. The predicted molar refractivity (Wildman–Crippen MR) is 82.7 cm³/mol. The fraction of sp³-hybridized carbons (Fsp3) is 0.400. The number of sulfonamides is 1. The Morgan fingerprint density at radius 3 is 2.90 bits per heavy atom. The highest BCUT2D eigenvalue weighted by Gasteiger charge is 2.29. The van der Waals surface area contributed by atoms with Gasteiger partial charge in [-0.05, 0) is 37.6 Å². The monoisotopic (exact) mass is 305 g/mol. The topological polar surface area (TPSA) is 62.3 Å². The molecule has 6 heteroatoms. The number of pyridine rings is 1. The van der Waals surface area contributed by atoms with Gasteiger partial charge >= 0.3 is 0 Å². The second-order valence-corrected chi connectivity index (χ2v) is 7.40. The van der Waals surface area contributed by atoms with E-state index < -0.39 is 10.0 Å². The molecular formula is C15H19N3O2S. The Balaban J connectivity index is 2.13. The molecule has 5 nitrogen and oxygen atoms in total. The molecule has 1 aliphatic heterocycles. The van der Waals surface area contributed by atoms with Gasteiger partial charge in [0.25, 0.3) is 0 Å². The number of benzene rings is 1. The summed E-state index contributed by atoms with van der Waals surface area (Å²) in [5.74, 6) is 0. The van der Waals surface area contributed by atoms with Gasteiger partial charge in [-0.1, -0.05) is 6.07 Å². The van der Waals surface area contributed by atoms with Crippen LogP contribution in [-0.2, 0) is 10.0 Å². The van der Waals surface area contributed by atoms with Crippen LogP contribution in [0.3, 0.4) is 0 Å². The van der Waals surface area contributed by atoms with E-state index in [4.69, 9.17) is 0 Å². The van der Waals surface area contributed by atoms with Crippen molar-refractivity contribution in [3.63, 3.8) is 0 Å². The van der Waals surface area contributed by atoms with Gasteiger partial charge in [0.2, 0.25) is 10.0 Å². The molecule has 3 rings (SSSR count). The van der Waals surface area contributed by atoms with Gasteiger partial charge in [-0.15, -0.1) is 0 Å². The minimum atomic E-state index is -3.48. The summed E-state index contributed by atoms with van der Waals surface area (Å²) in [5, 5.41) is 3.96. The van der Waals surface area contributed by atoms with Crippen molar-refractivity contribution in [2.75, 3.05) is 19.6 Å². The summed E-state index contributed by atoms with van der Waals surface area (Å²) in [6.45, 7) is 5.62. The molecular weight excluding hydrogens is 286 g/mol. The highest BCUT2D eigenvalue weighted by atomic mass is 32.2. The molecule has 1 N–H and O–H groups in total. The average Bonchev–Trinajstić information content (AvgIpc) is 2.47. The van der Waals surface area contributed by atoms with E-state index in [-0.39, 0.29) is 6.04 Å². The molecule has 1 unspecified atom stereocenters. The molecule has 2 heterocycles. The summed E-state index contributed by atoms with van der Waals surface area (Å²) in [4.78, 5) is 4.67. The third-order valence-corrected chi connectivity index (χ3v) is 5.80. The third-order valence-electron chi connectivity index (χ3n) is 3.88. The van der Waals surface area contributed by atoms with Gasteiger partial charge < -0.3 is 5.32 Å². The van der Waals surface area contributed by atoms with Crippen molar-refractivity contribution < 1.29 is 8.42 Å². The van der Waals surface area contributed by atoms with Crippen LogP contribution in [0.15, 0.2) is 35.4 Å². The third kappa shape index (κ3) is 2.54. The predicted octanol–water partition coefficient (Wildman–Crippen LogP) is 1.53. The Hall–Kier alpha value is -1.50. The quantitative estimate of drug-likeness (QED) is 0.914. The second-order valence-electron chi connectivity index (χ2n) is 5.50. The number of nitrogens with zero attached hydrogens (tertiary/aromatic N) is 2. The van der Waals surface area contributed by atoms with Crippen LogP contribution in [-0.4, -0.2) is 43.4 Å². The van der Waals surface area contributed by atoms with Crippen molar-refractivity contribution in [3.8, 4) is 0 Å². The second kappa shape index (κ2) is 5.36. The van der Waals surface area contributed by atoms with Gasteiger partial charge in [-0.25, -0.2) is 8.42 Å². The first-order valence-electron chi connectivity index (χ1n) is 7.08. The van der Waals surface area contributed by atoms with Crippen LogP contribution in [0.5, 0.6) is 0 Å². The first kappa shape index (κ1) is 14.4. The van der Waals surface area contributed by atoms with Gasteiger partial charge in [0, 0.05) is 37.3 Å². The molecule has 0 spiro atoms. The largest absolute Gasteiger partial charge is 0.312 e. The number of aryl methyl sites for hydroxylation is 1. The van der Waals surface area contributed by atoms with Crippen molar-refractivity contribution in [2.24, 2.45) is 0 Å². The minimum Gasteiger partial charge on any atom is -0.312 e. The Bertz CT molecular complexity index is 774. The lowest BCUT2D eigenvalue weighted by molar-refractivity contribution is 0.310. The zero-order valence-corrected chi connectivity index (χ0v) is 13.0. The van der Waals surface area contributed by atoms with E-state index in [0.717, 1.165) is 11.1 Å².